The number of likely N-dealkylation sites (N-methyl/N-ethyl adjacent to an activating group) is 1. The number of thiocarbonyl (C=S) groups is 1. The van der Waals surface area contributed by atoms with Crippen molar-refractivity contribution in [3.8, 4) is 0 Å². The summed E-state index contributed by atoms with van der Waals surface area (Å²) in [7, 11) is 1.55. The van der Waals surface area contributed by atoms with E-state index in [2.05, 4.69) is 16.3 Å². The molecule has 2 heterocycles. The van der Waals surface area contributed by atoms with Crippen LogP contribution in [0.1, 0.15) is 11.1 Å². The molecule has 3 rings (SSSR count). The number of morpholine rings is 1. The lowest BCUT2D eigenvalue weighted by Crippen LogP contribution is -2.52. The first kappa shape index (κ1) is 16.6. The molecular weight excluding hydrogens is 326 g/mol. The smallest absolute Gasteiger partial charge is 0.265 e. The standard InChI is InChI=1S/C17H19N3O3S/c1-11-9-13(20-5-7-23-8-6-20)4-3-12(11)10-14-15(21)18-17(24)19(2)16(14)22/h3-4,9-10H,5-8H2,1-2H3,(H,18,21,24)/b14-10+. The van der Waals surface area contributed by atoms with Crippen LogP contribution >= 0.6 is 12.2 Å². The van der Waals surface area contributed by atoms with E-state index in [0.29, 0.717) is 0 Å². The predicted molar refractivity (Wildman–Crippen MR) is 95.7 cm³/mol. The number of amides is 2. The molecule has 126 valence electrons. The van der Waals surface area contributed by atoms with Gasteiger partial charge in [-0.15, -0.1) is 0 Å². The van der Waals surface area contributed by atoms with Crippen LogP contribution in [0.2, 0.25) is 0 Å². The second-order valence-electron chi connectivity index (χ2n) is 5.82. The van der Waals surface area contributed by atoms with Crippen LogP contribution in [0.15, 0.2) is 23.8 Å². The zero-order valence-corrected chi connectivity index (χ0v) is 14.5. The molecule has 0 atom stereocenters. The first-order valence-electron chi connectivity index (χ1n) is 7.76. The number of aryl methyl sites for hydroxylation is 1. The lowest BCUT2D eigenvalue weighted by Gasteiger charge is -2.29. The molecular formula is C17H19N3O3S. The Morgan fingerprint density at radius 3 is 2.62 bits per heavy atom. The highest BCUT2D eigenvalue weighted by atomic mass is 32.1. The van der Waals surface area contributed by atoms with E-state index in [1.165, 1.54) is 4.90 Å². The van der Waals surface area contributed by atoms with Gasteiger partial charge in [0.25, 0.3) is 11.8 Å². The van der Waals surface area contributed by atoms with Crippen molar-refractivity contribution in [2.24, 2.45) is 0 Å². The van der Waals surface area contributed by atoms with Gasteiger partial charge in [-0.05, 0) is 48.5 Å². The van der Waals surface area contributed by atoms with Gasteiger partial charge in [-0.25, -0.2) is 0 Å². The molecule has 1 aromatic rings. The number of ether oxygens (including phenoxy) is 1. The minimum Gasteiger partial charge on any atom is -0.378 e. The SMILES string of the molecule is Cc1cc(N2CCOCC2)ccc1/C=C1\C(=O)NC(=S)N(C)C1=O. The summed E-state index contributed by atoms with van der Waals surface area (Å²) in [6.07, 6.45) is 1.62. The van der Waals surface area contributed by atoms with Gasteiger partial charge in [0.1, 0.15) is 5.57 Å². The zero-order valence-electron chi connectivity index (χ0n) is 13.7. The largest absolute Gasteiger partial charge is 0.378 e. The summed E-state index contributed by atoms with van der Waals surface area (Å²) in [4.78, 5) is 27.8. The Morgan fingerprint density at radius 2 is 1.96 bits per heavy atom. The molecule has 6 nitrogen and oxygen atoms in total. The van der Waals surface area contributed by atoms with Gasteiger partial charge in [0.05, 0.1) is 13.2 Å². The van der Waals surface area contributed by atoms with Crippen molar-refractivity contribution in [3.63, 3.8) is 0 Å². The molecule has 2 fully saturated rings. The highest BCUT2D eigenvalue weighted by Gasteiger charge is 2.30. The van der Waals surface area contributed by atoms with E-state index < -0.39 is 5.91 Å². The Bertz CT molecular complexity index is 739. The Morgan fingerprint density at radius 1 is 1.25 bits per heavy atom. The third-order valence-electron chi connectivity index (χ3n) is 4.23. The van der Waals surface area contributed by atoms with Gasteiger partial charge in [0.2, 0.25) is 0 Å². The summed E-state index contributed by atoms with van der Waals surface area (Å²) in [6.45, 7) is 5.15. The van der Waals surface area contributed by atoms with Gasteiger partial charge in [0.15, 0.2) is 5.11 Å². The fourth-order valence-corrected chi connectivity index (χ4v) is 2.92. The third kappa shape index (κ3) is 3.18. The molecule has 0 aromatic heterocycles. The van der Waals surface area contributed by atoms with E-state index in [1.54, 1.807) is 13.1 Å². The zero-order chi connectivity index (χ0) is 17.3. The van der Waals surface area contributed by atoms with Crippen molar-refractivity contribution in [1.29, 1.82) is 0 Å². The molecule has 24 heavy (non-hydrogen) atoms. The average Bonchev–Trinajstić information content (AvgIpc) is 2.58. The predicted octanol–water partition coefficient (Wildman–Crippen LogP) is 1.09. The number of carbonyl (C=O) groups excluding carboxylic acids is 2. The highest BCUT2D eigenvalue weighted by molar-refractivity contribution is 7.80. The maximum Gasteiger partial charge on any atom is 0.265 e. The number of hydrogen-bond acceptors (Lipinski definition) is 5. The normalized spacial score (nSPS) is 20.6. The number of rotatable bonds is 2. The van der Waals surface area contributed by atoms with Crippen LogP contribution in [-0.2, 0) is 14.3 Å². The lowest BCUT2D eigenvalue weighted by molar-refractivity contribution is -0.128. The highest BCUT2D eigenvalue weighted by Crippen LogP contribution is 2.23. The average molecular weight is 345 g/mol. The fourth-order valence-electron chi connectivity index (χ4n) is 2.74. The number of nitrogens with zero attached hydrogens (tertiary/aromatic N) is 2. The number of hydrogen-bond donors (Lipinski definition) is 1. The van der Waals surface area contributed by atoms with E-state index in [4.69, 9.17) is 17.0 Å². The first-order chi connectivity index (χ1) is 11.5. The molecule has 1 aromatic carbocycles. The van der Waals surface area contributed by atoms with Crippen LogP contribution in [0, 0.1) is 6.92 Å². The van der Waals surface area contributed by atoms with Gasteiger partial charge < -0.3 is 9.64 Å². The monoisotopic (exact) mass is 345 g/mol. The molecule has 2 aliphatic heterocycles. The summed E-state index contributed by atoms with van der Waals surface area (Å²) in [6, 6.07) is 6.00. The van der Waals surface area contributed by atoms with Crippen molar-refractivity contribution >= 4 is 40.9 Å². The molecule has 2 amide bonds. The molecule has 2 aliphatic rings. The van der Waals surface area contributed by atoms with E-state index in [1.807, 2.05) is 19.1 Å². The topological polar surface area (TPSA) is 61.9 Å². The van der Waals surface area contributed by atoms with Crippen molar-refractivity contribution in [3.05, 3.63) is 34.9 Å². The molecule has 0 saturated carbocycles. The molecule has 7 heteroatoms. The Balaban J connectivity index is 1.88. The Hall–Kier alpha value is -2.25. The minimum atomic E-state index is -0.459. The number of benzene rings is 1. The molecule has 0 bridgehead atoms. The summed E-state index contributed by atoms with van der Waals surface area (Å²) >= 11 is 4.95. The van der Waals surface area contributed by atoms with Crippen LogP contribution in [-0.4, -0.2) is 55.2 Å². The summed E-state index contributed by atoms with van der Waals surface area (Å²) < 4.78 is 5.37. The fraction of sp³-hybridized carbons (Fsp3) is 0.353. The lowest BCUT2D eigenvalue weighted by atomic mass is 10.0. The van der Waals surface area contributed by atoms with Crippen LogP contribution in [0.25, 0.3) is 6.08 Å². The van der Waals surface area contributed by atoms with E-state index in [-0.39, 0.29) is 16.6 Å². The number of nitrogens with one attached hydrogen (secondary N) is 1. The van der Waals surface area contributed by atoms with Crippen LogP contribution < -0.4 is 10.2 Å². The molecule has 0 radical (unpaired) electrons. The van der Waals surface area contributed by atoms with Gasteiger partial charge in [-0.2, -0.15) is 0 Å². The molecule has 0 unspecified atom stereocenters. The molecule has 0 aliphatic carbocycles. The van der Waals surface area contributed by atoms with E-state index in [0.717, 1.165) is 43.1 Å². The van der Waals surface area contributed by atoms with Gasteiger partial charge >= 0.3 is 0 Å². The van der Waals surface area contributed by atoms with Gasteiger partial charge in [-0.3, -0.25) is 19.8 Å². The quantitative estimate of drug-likeness (QED) is 0.494. The molecule has 1 N–H and O–H groups in total. The van der Waals surface area contributed by atoms with Crippen molar-refractivity contribution in [2.75, 3.05) is 38.3 Å². The maximum absolute atomic E-state index is 12.3. The van der Waals surface area contributed by atoms with Crippen LogP contribution in [0.5, 0.6) is 0 Å². The number of carbonyl (C=O) groups is 2. The van der Waals surface area contributed by atoms with E-state index >= 15 is 0 Å². The van der Waals surface area contributed by atoms with E-state index in [9.17, 15) is 9.59 Å². The second-order valence-corrected chi connectivity index (χ2v) is 6.21. The van der Waals surface area contributed by atoms with Crippen LogP contribution in [0.4, 0.5) is 5.69 Å². The summed E-state index contributed by atoms with van der Waals surface area (Å²) in [5.74, 6) is -0.847. The van der Waals surface area contributed by atoms with Crippen LogP contribution in [0.3, 0.4) is 0 Å². The van der Waals surface area contributed by atoms with Gasteiger partial charge in [0, 0.05) is 25.8 Å². The van der Waals surface area contributed by atoms with Crippen molar-refractivity contribution < 1.29 is 14.3 Å². The van der Waals surface area contributed by atoms with Gasteiger partial charge in [-0.1, -0.05) is 6.07 Å². The Kier molecular flexibility index (Phi) is 4.64. The maximum atomic E-state index is 12.3. The summed E-state index contributed by atoms with van der Waals surface area (Å²) in [5, 5.41) is 2.65. The third-order valence-corrected chi connectivity index (χ3v) is 4.61. The minimum absolute atomic E-state index is 0.0910. The summed E-state index contributed by atoms with van der Waals surface area (Å²) in [5.41, 5.74) is 3.05. The first-order valence-corrected chi connectivity index (χ1v) is 8.16. The number of anilines is 1. The Labute approximate surface area is 146 Å². The molecule has 2 saturated heterocycles. The molecule has 0 spiro atoms. The van der Waals surface area contributed by atoms with Crippen molar-refractivity contribution in [2.45, 2.75) is 6.92 Å². The van der Waals surface area contributed by atoms with Crippen molar-refractivity contribution in [1.82, 2.24) is 10.2 Å². The second kappa shape index (κ2) is 6.70.